The first-order valence-electron chi connectivity index (χ1n) is 10.7. The molecule has 186 valence electrons. The third-order valence-electron chi connectivity index (χ3n) is 4.88. The van der Waals surface area contributed by atoms with Gasteiger partial charge in [0.05, 0.1) is 11.6 Å². The third kappa shape index (κ3) is 8.74. The Balaban J connectivity index is 0.000000540. The minimum absolute atomic E-state index is 0.152. The Morgan fingerprint density at radius 1 is 1.06 bits per heavy atom. The van der Waals surface area contributed by atoms with E-state index in [1.165, 1.54) is 11.6 Å². The molecule has 2 aromatic carbocycles. The van der Waals surface area contributed by atoms with E-state index < -0.39 is 18.2 Å². The number of amides is 1. The Morgan fingerprint density at radius 3 is 2.26 bits per heavy atom. The van der Waals surface area contributed by atoms with Crippen molar-refractivity contribution in [1.29, 1.82) is 0 Å². The van der Waals surface area contributed by atoms with Gasteiger partial charge < -0.3 is 16.2 Å². The predicted octanol–water partition coefficient (Wildman–Crippen LogP) is 3.94. The topological polar surface area (TPSA) is 114 Å². The van der Waals surface area contributed by atoms with Crippen molar-refractivity contribution in [2.45, 2.75) is 38.0 Å². The summed E-state index contributed by atoms with van der Waals surface area (Å²) in [6, 6.07) is 18.8. The van der Waals surface area contributed by atoms with Crippen molar-refractivity contribution < 1.29 is 32.7 Å². The molecule has 1 amide bonds. The zero-order valence-corrected chi connectivity index (χ0v) is 18.9. The average Bonchev–Trinajstić information content (AvgIpc) is 3.25. The van der Waals surface area contributed by atoms with Crippen LogP contribution in [-0.2, 0) is 16.0 Å². The van der Waals surface area contributed by atoms with E-state index in [4.69, 9.17) is 15.6 Å². The summed E-state index contributed by atoms with van der Waals surface area (Å²) in [7, 11) is 0. The van der Waals surface area contributed by atoms with Crippen LogP contribution in [0.2, 0.25) is 0 Å². The second-order valence-corrected chi connectivity index (χ2v) is 7.67. The SMILES string of the molecule is C[C@H](N)C(=O)N[C@H](/C=C/C(=O)n1ccc2ccccc21)CCc1ccccc1.O=C(O)C(F)(F)F. The standard InChI is InChI=1S/C23H25N3O2.C2HF3O2/c1-17(24)23(28)25-20(12-11-18-7-3-2-4-8-18)13-14-22(27)26-16-15-19-9-5-6-10-21(19)26;3-2(4,5)1(6)7/h2-10,13-17,20H,11-12,24H2,1H3,(H,25,28);(H,6,7)/b14-13+;/t17-,20-;/m0./s1. The number of nitrogens with zero attached hydrogens (tertiary/aromatic N) is 1. The van der Waals surface area contributed by atoms with E-state index in [0.717, 1.165) is 17.3 Å². The van der Waals surface area contributed by atoms with E-state index in [9.17, 15) is 22.8 Å². The lowest BCUT2D eigenvalue weighted by Crippen LogP contribution is -2.43. The number of allylic oxidation sites excluding steroid dienone is 1. The maximum Gasteiger partial charge on any atom is 0.490 e. The zero-order valence-electron chi connectivity index (χ0n) is 18.9. The number of hydrogen-bond acceptors (Lipinski definition) is 4. The number of aromatic nitrogens is 1. The number of nitrogens with one attached hydrogen (secondary N) is 1. The lowest BCUT2D eigenvalue weighted by atomic mass is 10.0. The van der Waals surface area contributed by atoms with Crippen LogP contribution < -0.4 is 11.1 Å². The van der Waals surface area contributed by atoms with E-state index in [-0.39, 0.29) is 17.9 Å². The van der Waals surface area contributed by atoms with E-state index in [1.54, 1.807) is 23.8 Å². The highest BCUT2D eigenvalue weighted by molar-refractivity contribution is 5.98. The highest BCUT2D eigenvalue weighted by Gasteiger charge is 2.38. The Labute approximate surface area is 200 Å². The summed E-state index contributed by atoms with van der Waals surface area (Å²) in [5, 5.41) is 11.0. The summed E-state index contributed by atoms with van der Waals surface area (Å²) in [6.07, 6.45) is 1.41. The minimum atomic E-state index is -5.08. The highest BCUT2D eigenvalue weighted by atomic mass is 19.4. The number of hydrogen-bond donors (Lipinski definition) is 3. The highest BCUT2D eigenvalue weighted by Crippen LogP contribution is 2.15. The molecule has 0 aliphatic carbocycles. The third-order valence-corrected chi connectivity index (χ3v) is 4.88. The van der Waals surface area contributed by atoms with Gasteiger partial charge in [0.2, 0.25) is 5.91 Å². The molecule has 2 atom stereocenters. The van der Waals surface area contributed by atoms with Gasteiger partial charge in [0.25, 0.3) is 5.91 Å². The molecule has 3 rings (SSSR count). The molecule has 0 spiro atoms. The molecule has 35 heavy (non-hydrogen) atoms. The van der Waals surface area contributed by atoms with Crippen LogP contribution in [0.3, 0.4) is 0 Å². The number of carbonyl (C=O) groups is 3. The Kier molecular flexibility index (Phi) is 9.77. The van der Waals surface area contributed by atoms with Crippen LogP contribution in [0.4, 0.5) is 13.2 Å². The molecule has 1 heterocycles. The number of benzene rings is 2. The fourth-order valence-electron chi connectivity index (χ4n) is 3.05. The van der Waals surface area contributed by atoms with Crippen LogP contribution in [0.5, 0.6) is 0 Å². The quantitative estimate of drug-likeness (QED) is 0.435. The van der Waals surface area contributed by atoms with Crippen molar-refractivity contribution >= 4 is 28.7 Å². The lowest BCUT2D eigenvalue weighted by Gasteiger charge is -2.17. The second kappa shape index (κ2) is 12.5. The summed E-state index contributed by atoms with van der Waals surface area (Å²) in [6.45, 7) is 1.64. The smallest absolute Gasteiger partial charge is 0.475 e. The van der Waals surface area contributed by atoms with Gasteiger partial charge in [-0.25, -0.2) is 4.79 Å². The first-order valence-corrected chi connectivity index (χ1v) is 10.7. The van der Waals surface area contributed by atoms with Crippen molar-refractivity contribution in [2.24, 2.45) is 5.73 Å². The van der Waals surface area contributed by atoms with Crippen molar-refractivity contribution in [2.75, 3.05) is 0 Å². The minimum Gasteiger partial charge on any atom is -0.475 e. The summed E-state index contributed by atoms with van der Waals surface area (Å²) in [5.41, 5.74) is 7.72. The maximum absolute atomic E-state index is 12.7. The molecule has 0 saturated carbocycles. The number of carbonyl (C=O) groups excluding carboxylic acids is 2. The molecule has 0 bridgehead atoms. The molecule has 0 aliphatic rings. The van der Waals surface area contributed by atoms with Crippen molar-refractivity contribution in [3.8, 4) is 0 Å². The monoisotopic (exact) mass is 489 g/mol. The molecule has 0 unspecified atom stereocenters. The first-order chi connectivity index (χ1) is 16.5. The summed E-state index contributed by atoms with van der Waals surface area (Å²) in [5.74, 6) is -3.14. The summed E-state index contributed by atoms with van der Waals surface area (Å²) >= 11 is 0. The number of alkyl halides is 3. The fourth-order valence-corrected chi connectivity index (χ4v) is 3.05. The molecule has 10 heteroatoms. The normalized spacial score (nSPS) is 13.1. The number of carboxylic acid groups (broad SMARTS) is 1. The number of para-hydroxylation sites is 1. The first kappa shape index (κ1) is 27.3. The number of carboxylic acids is 1. The second-order valence-electron chi connectivity index (χ2n) is 7.67. The summed E-state index contributed by atoms with van der Waals surface area (Å²) < 4.78 is 33.3. The van der Waals surface area contributed by atoms with Gasteiger partial charge in [-0.1, -0.05) is 54.6 Å². The van der Waals surface area contributed by atoms with Gasteiger partial charge in [-0.05, 0) is 37.5 Å². The number of nitrogens with two attached hydrogens (primary N) is 1. The van der Waals surface area contributed by atoms with Gasteiger partial charge in [0, 0.05) is 23.7 Å². The largest absolute Gasteiger partial charge is 0.490 e. The van der Waals surface area contributed by atoms with Crippen LogP contribution in [0.25, 0.3) is 10.9 Å². The molecule has 0 radical (unpaired) electrons. The van der Waals surface area contributed by atoms with E-state index in [0.29, 0.717) is 6.42 Å². The van der Waals surface area contributed by atoms with Crippen LogP contribution >= 0.6 is 0 Å². The summed E-state index contributed by atoms with van der Waals surface area (Å²) in [4.78, 5) is 33.6. The Bertz CT molecular complexity index is 1170. The van der Waals surface area contributed by atoms with Gasteiger partial charge in [0.1, 0.15) is 0 Å². The molecule has 1 aromatic heterocycles. The Hall–Kier alpha value is -3.92. The van der Waals surface area contributed by atoms with Crippen molar-refractivity contribution in [3.63, 3.8) is 0 Å². The predicted molar refractivity (Wildman–Crippen MR) is 126 cm³/mol. The van der Waals surface area contributed by atoms with Crippen LogP contribution in [0.1, 0.15) is 23.7 Å². The number of fused-ring (bicyclic) bond motifs is 1. The number of aryl methyl sites for hydroxylation is 1. The molecular formula is C25H26F3N3O4. The fraction of sp³-hybridized carbons (Fsp3) is 0.240. The van der Waals surface area contributed by atoms with Gasteiger partial charge >= 0.3 is 12.1 Å². The van der Waals surface area contributed by atoms with Crippen LogP contribution in [-0.4, -0.2) is 45.7 Å². The molecule has 0 saturated heterocycles. The van der Waals surface area contributed by atoms with E-state index in [2.05, 4.69) is 5.32 Å². The lowest BCUT2D eigenvalue weighted by molar-refractivity contribution is -0.192. The molecular weight excluding hydrogens is 463 g/mol. The number of aliphatic carboxylic acids is 1. The molecule has 3 aromatic rings. The number of halogens is 3. The van der Waals surface area contributed by atoms with Gasteiger partial charge in [0.15, 0.2) is 0 Å². The molecule has 0 aliphatic heterocycles. The molecule has 7 nitrogen and oxygen atoms in total. The van der Waals surface area contributed by atoms with Gasteiger partial charge in [-0.2, -0.15) is 13.2 Å². The van der Waals surface area contributed by atoms with Crippen molar-refractivity contribution in [3.05, 3.63) is 84.6 Å². The molecule has 4 N–H and O–H groups in total. The van der Waals surface area contributed by atoms with Gasteiger partial charge in [-0.3, -0.25) is 14.2 Å². The maximum atomic E-state index is 12.7. The van der Waals surface area contributed by atoms with Gasteiger partial charge in [-0.15, -0.1) is 0 Å². The average molecular weight is 489 g/mol. The number of rotatable bonds is 7. The van der Waals surface area contributed by atoms with Crippen LogP contribution in [0.15, 0.2) is 79.0 Å². The van der Waals surface area contributed by atoms with E-state index >= 15 is 0 Å². The zero-order chi connectivity index (χ0) is 26.0. The molecule has 0 fully saturated rings. The van der Waals surface area contributed by atoms with E-state index in [1.807, 2.05) is 60.7 Å². The Morgan fingerprint density at radius 2 is 1.66 bits per heavy atom. The van der Waals surface area contributed by atoms with Crippen LogP contribution in [0, 0.1) is 0 Å². The van der Waals surface area contributed by atoms with Crippen molar-refractivity contribution in [1.82, 2.24) is 9.88 Å².